The number of carbonyl (C=O) groups is 1. The molecule has 1 N–H and O–H groups in total. The van der Waals surface area contributed by atoms with Gasteiger partial charge < -0.3 is 14.8 Å². The minimum atomic E-state index is -3.62. The number of fused-ring (bicyclic) bond motifs is 1. The molecule has 0 saturated carbocycles. The van der Waals surface area contributed by atoms with E-state index in [4.69, 9.17) is 21.1 Å². The van der Waals surface area contributed by atoms with Crippen molar-refractivity contribution in [3.63, 3.8) is 0 Å². The third-order valence-electron chi connectivity index (χ3n) is 3.97. The molecule has 0 aliphatic carbocycles. The van der Waals surface area contributed by atoms with Crippen molar-refractivity contribution in [2.45, 2.75) is 6.10 Å². The van der Waals surface area contributed by atoms with Gasteiger partial charge in [0.15, 0.2) is 6.10 Å². The maximum atomic E-state index is 12.6. The highest BCUT2D eigenvalue weighted by molar-refractivity contribution is 7.92. The Balaban J connectivity index is 1.77. The van der Waals surface area contributed by atoms with Crippen molar-refractivity contribution in [3.8, 4) is 11.5 Å². The predicted molar refractivity (Wildman–Crippen MR) is 109 cm³/mol. The van der Waals surface area contributed by atoms with Crippen LogP contribution in [0.3, 0.4) is 0 Å². The van der Waals surface area contributed by atoms with E-state index in [9.17, 15) is 13.2 Å². The Morgan fingerprint density at radius 3 is 2.71 bits per heavy atom. The zero-order chi connectivity index (χ0) is 20.3. The van der Waals surface area contributed by atoms with Gasteiger partial charge in [-0.05, 0) is 42.5 Å². The number of rotatable bonds is 6. The van der Waals surface area contributed by atoms with Crippen LogP contribution >= 0.6 is 11.6 Å². The Kier molecular flexibility index (Phi) is 5.81. The minimum absolute atomic E-state index is 0.154. The minimum Gasteiger partial charge on any atom is -0.490 e. The summed E-state index contributed by atoms with van der Waals surface area (Å²) in [5, 5.41) is 3.09. The van der Waals surface area contributed by atoms with Gasteiger partial charge in [-0.3, -0.25) is 9.10 Å². The summed E-state index contributed by atoms with van der Waals surface area (Å²) >= 11 is 5.97. The van der Waals surface area contributed by atoms with Gasteiger partial charge >= 0.3 is 0 Å². The fraction of sp³-hybridized carbons (Fsp3) is 0.211. The number of sulfonamides is 1. The van der Waals surface area contributed by atoms with Crippen LogP contribution in [0.15, 0.2) is 55.1 Å². The summed E-state index contributed by atoms with van der Waals surface area (Å²) in [6.07, 6.45) is 1.69. The standard InChI is InChI=1S/C19H19ClN2O5S/c1-3-10-26-15-7-5-14(6-8-15)21-19(23)18-12-22(28(2,24)25)16-11-13(20)4-9-17(16)27-18/h3-9,11,18H,1,10,12H2,2H3,(H,21,23)/t18-/m1/s1. The lowest BCUT2D eigenvalue weighted by Crippen LogP contribution is -2.48. The maximum absolute atomic E-state index is 12.6. The first-order valence-electron chi connectivity index (χ1n) is 8.36. The van der Waals surface area contributed by atoms with Gasteiger partial charge in [0.05, 0.1) is 18.5 Å². The summed E-state index contributed by atoms with van der Waals surface area (Å²) in [7, 11) is -3.62. The molecule has 1 atom stereocenters. The molecule has 7 nitrogen and oxygen atoms in total. The third-order valence-corrected chi connectivity index (χ3v) is 5.35. The molecular formula is C19H19ClN2O5S. The normalized spacial score (nSPS) is 15.9. The van der Waals surface area contributed by atoms with Crippen LogP contribution < -0.4 is 19.1 Å². The monoisotopic (exact) mass is 422 g/mol. The lowest BCUT2D eigenvalue weighted by atomic mass is 10.2. The smallest absolute Gasteiger partial charge is 0.267 e. The van der Waals surface area contributed by atoms with Crippen molar-refractivity contribution >= 4 is 38.9 Å². The molecule has 0 fully saturated rings. The number of halogens is 1. The molecule has 28 heavy (non-hydrogen) atoms. The second-order valence-corrected chi connectivity index (χ2v) is 8.47. The Morgan fingerprint density at radius 2 is 2.07 bits per heavy atom. The number of amides is 1. The van der Waals surface area contributed by atoms with E-state index in [1.165, 1.54) is 6.07 Å². The number of anilines is 2. The molecule has 148 valence electrons. The fourth-order valence-electron chi connectivity index (χ4n) is 2.69. The molecular weight excluding hydrogens is 404 g/mol. The number of nitrogens with one attached hydrogen (secondary N) is 1. The first kappa shape index (κ1) is 20.0. The Morgan fingerprint density at radius 1 is 1.36 bits per heavy atom. The number of ether oxygens (including phenoxy) is 2. The van der Waals surface area contributed by atoms with Gasteiger partial charge in [-0.15, -0.1) is 0 Å². The molecule has 0 bridgehead atoms. The molecule has 0 aromatic heterocycles. The van der Waals surface area contributed by atoms with E-state index < -0.39 is 22.0 Å². The lowest BCUT2D eigenvalue weighted by molar-refractivity contribution is -0.122. The molecule has 1 aliphatic heterocycles. The molecule has 1 aliphatic rings. The number of hydrogen-bond donors (Lipinski definition) is 1. The van der Waals surface area contributed by atoms with Crippen molar-refractivity contribution < 1.29 is 22.7 Å². The fourth-order valence-corrected chi connectivity index (χ4v) is 3.76. The molecule has 1 amide bonds. The number of benzene rings is 2. The molecule has 3 rings (SSSR count). The predicted octanol–water partition coefficient (Wildman–Crippen LogP) is 3.07. The highest BCUT2D eigenvalue weighted by Crippen LogP contribution is 2.37. The quantitative estimate of drug-likeness (QED) is 0.723. The van der Waals surface area contributed by atoms with Crippen LogP contribution in [0, 0.1) is 0 Å². The molecule has 0 spiro atoms. The van der Waals surface area contributed by atoms with E-state index in [-0.39, 0.29) is 12.3 Å². The van der Waals surface area contributed by atoms with Crippen LogP contribution in [-0.2, 0) is 14.8 Å². The van der Waals surface area contributed by atoms with Gasteiger partial charge in [0.25, 0.3) is 5.91 Å². The van der Waals surface area contributed by atoms with Crippen LogP contribution in [0.25, 0.3) is 0 Å². The highest BCUT2D eigenvalue weighted by atomic mass is 35.5. The van der Waals surface area contributed by atoms with Gasteiger partial charge in [-0.1, -0.05) is 24.3 Å². The number of carbonyl (C=O) groups excluding carboxylic acids is 1. The second kappa shape index (κ2) is 8.12. The SMILES string of the molecule is C=CCOc1ccc(NC(=O)[C@H]2CN(S(C)(=O)=O)c3cc(Cl)ccc3O2)cc1. The van der Waals surface area contributed by atoms with Gasteiger partial charge in [-0.2, -0.15) is 0 Å². The second-order valence-electron chi connectivity index (χ2n) is 6.13. The zero-order valence-corrected chi connectivity index (χ0v) is 16.7. The van der Waals surface area contributed by atoms with E-state index in [2.05, 4.69) is 11.9 Å². The first-order chi connectivity index (χ1) is 13.3. The van der Waals surface area contributed by atoms with Crippen LogP contribution in [0.5, 0.6) is 11.5 Å². The summed E-state index contributed by atoms with van der Waals surface area (Å²) in [5.41, 5.74) is 0.843. The molecule has 2 aromatic carbocycles. The van der Waals surface area contributed by atoms with Crippen LogP contribution in [-0.4, -0.2) is 39.8 Å². The molecule has 0 unspecified atom stereocenters. The van der Waals surface area contributed by atoms with Crippen LogP contribution in [0.1, 0.15) is 0 Å². The summed E-state index contributed by atoms with van der Waals surface area (Å²) in [4.78, 5) is 12.6. The molecule has 0 radical (unpaired) electrons. The summed E-state index contributed by atoms with van der Waals surface area (Å²) in [6, 6.07) is 11.4. The zero-order valence-electron chi connectivity index (χ0n) is 15.1. The first-order valence-corrected chi connectivity index (χ1v) is 10.6. The van der Waals surface area contributed by atoms with Gasteiger partial charge in [0.2, 0.25) is 10.0 Å². The van der Waals surface area contributed by atoms with E-state index in [0.717, 1.165) is 10.6 Å². The van der Waals surface area contributed by atoms with Crippen molar-refractivity contribution in [1.29, 1.82) is 0 Å². The number of nitrogens with zero attached hydrogens (tertiary/aromatic N) is 1. The lowest BCUT2D eigenvalue weighted by Gasteiger charge is -2.34. The summed E-state index contributed by atoms with van der Waals surface area (Å²) in [6.45, 7) is 3.81. The largest absolute Gasteiger partial charge is 0.490 e. The van der Waals surface area contributed by atoms with E-state index in [1.54, 1.807) is 42.5 Å². The summed E-state index contributed by atoms with van der Waals surface area (Å²) in [5.74, 6) is 0.448. The van der Waals surface area contributed by atoms with Gasteiger partial charge in [0.1, 0.15) is 18.1 Å². The molecule has 0 saturated heterocycles. The van der Waals surface area contributed by atoms with Crippen molar-refractivity contribution in [2.75, 3.05) is 29.0 Å². The molecule has 2 aromatic rings. The average Bonchev–Trinajstić information content (AvgIpc) is 2.65. The van der Waals surface area contributed by atoms with Gasteiger partial charge in [-0.25, -0.2) is 8.42 Å². The van der Waals surface area contributed by atoms with Crippen molar-refractivity contribution in [3.05, 3.63) is 60.1 Å². The highest BCUT2D eigenvalue weighted by Gasteiger charge is 2.35. The van der Waals surface area contributed by atoms with E-state index in [1.807, 2.05) is 0 Å². The Bertz CT molecular complexity index is 992. The van der Waals surface area contributed by atoms with Crippen LogP contribution in [0.4, 0.5) is 11.4 Å². The topological polar surface area (TPSA) is 84.9 Å². The Hall–Kier alpha value is -2.71. The average molecular weight is 423 g/mol. The maximum Gasteiger partial charge on any atom is 0.267 e. The Labute approximate surface area is 168 Å². The van der Waals surface area contributed by atoms with E-state index in [0.29, 0.717) is 28.8 Å². The summed E-state index contributed by atoms with van der Waals surface area (Å²) < 4.78 is 36.6. The molecule has 1 heterocycles. The molecule has 9 heteroatoms. The van der Waals surface area contributed by atoms with Crippen molar-refractivity contribution in [2.24, 2.45) is 0 Å². The third kappa shape index (κ3) is 4.58. The van der Waals surface area contributed by atoms with Gasteiger partial charge in [0, 0.05) is 10.7 Å². The number of hydrogen-bond acceptors (Lipinski definition) is 5. The van der Waals surface area contributed by atoms with E-state index >= 15 is 0 Å². The van der Waals surface area contributed by atoms with Crippen LogP contribution in [0.2, 0.25) is 5.02 Å². The van der Waals surface area contributed by atoms with Crippen molar-refractivity contribution in [1.82, 2.24) is 0 Å².